The molecule has 5 heteroatoms. The maximum Gasteiger partial charge on any atom is 0.153 e. The number of hydrogen-bond acceptors (Lipinski definition) is 4. The predicted molar refractivity (Wildman–Crippen MR) is 79.2 cm³/mol. The largest absolute Gasteiger partial charge is 0.309 e. The van der Waals surface area contributed by atoms with Crippen LogP contribution in [0.25, 0.3) is 0 Å². The van der Waals surface area contributed by atoms with E-state index in [9.17, 15) is 8.42 Å². The Morgan fingerprint density at radius 1 is 1.21 bits per heavy atom. The first-order valence-corrected chi connectivity index (χ1v) is 9.30. The maximum atomic E-state index is 11.9. The van der Waals surface area contributed by atoms with Crippen molar-refractivity contribution in [2.75, 3.05) is 32.4 Å². The highest BCUT2D eigenvalue weighted by Crippen LogP contribution is 2.31. The number of rotatable bonds is 3. The maximum absolute atomic E-state index is 11.9. The normalized spacial score (nSPS) is 25.6. The van der Waals surface area contributed by atoms with E-state index in [2.05, 4.69) is 10.2 Å². The Labute approximate surface area is 117 Å². The first-order valence-electron chi connectivity index (χ1n) is 7.41. The van der Waals surface area contributed by atoms with Gasteiger partial charge in [-0.2, -0.15) is 0 Å². The molecule has 0 atom stereocenters. The lowest BCUT2D eigenvalue weighted by molar-refractivity contribution is 0.0937. The van der Waals surface area contributed by atoms with Crippen LogP contribution in [0.1, 0.15) is 46.0 Å². The summed E-state index contributed by atoms with van der Waals surface area (Å²) in [6.07, 6.45) is 7.78. The lowest BCUT2D eigenvalue weighted by atomic mass is 9.80. The van der Waals surface area contributed by atoms with Crippen molar-refractivity contribution in [3.8, 4) is 0 Å². The van der Waals surface area contributed by atoms with Gasteiger partial charge in [-0.3, -0.25) is 4.90 Å². The van der Waals surface area contributed by atoms with Gasteiger partial charge in [-0.15, -0.1) is 0 Å². The molecule has 1 spiro atoms. The summed E-state index contributed by atoms with van der Waals surface area (Å²) < 4.78 is 23.1. The molecule has 0 unspecified atom stereocenters. The van der Waals surface area contributed by atoms with E-state index in [1.807, 2.05) is 13.8 Å². The van der Waals surface area contributed by atoms with Crippen molar-refractivity contribution in [1.29, 1.82) is 0 Å². The second kappa shape index (κ2) is 5.34. The van der Waals surface area contributed by atoms with Crippen LogP contribution < -0.4 is 5.32 Å². The van der Waals surface area contributed by atoms with E-state index in [-0.39, 0.29) is 5.54 Å². The van der Waals surface area contributed by atoms with Crippen molar-refractivity contribution in [1.82, 2.24) is 10.2 Å². The van der Waals surface area contributed by atoms with Crippen molar-refractivity contribution in [2.24, 2.45) is 0 Å². The van der Waals surface area contributed by atoms with E-state index in [1.54, 1.807) is 0 Å². The molecular weight excluding hydrogens is 260 g/mol. The van der Waals surface area contributed by atoms with Gasteiger partial charge in [0.05, 0.1) is 4.75 Å². The molecule has 0 amide bonds. The van der Waals surface area contributed by atoms with Crippen LogP contribution in [0.2, 0.25) is 0 Å². The summed E-state index contributed by atoms with van der Waals surface area (Å²) >= 11 is 0. The molecule has 0 aromatic rings. The van der Waals surface area contributed by atoms with E-state index in [4.69, 9.17) is 0 Å². The second-order valence-electron chi connectivity index (χ2n) is 7.01. The molecule has 2 rings (SSSR count). The summed E-state index contributed by atoms with van der Waals surface area (Å²) in [5.41, 5.74) is 0.254. The Morgan fingerprint density at radius 2 is 1.84 bits per heavy atom. The molecule has 1 saturated heterocycles. The van der Waals surface area contributed by atoms with Gasteiger partial charge in [0.15, 0.2) is 9.84 Å². The van der Waals surface area contributed by atoms with Gasteiger partial charge in [0.2, 0.25) is 0 Å². The average Bonchev–Trinajstić information content (AvgIpc) is 2.27. The molecule has 0 bridgehead atoms. The average molecular weight is 288 g/mol. The highest BCUT2D eigenvalue weighted by Gasteiger charge is 2.39. The van der Waals surface area contributed by atoms with Crippen LogP contribution >= 0.6 is 0 Å². The Kier molecular flexibility index (Phi) is 4.29. The van der Waals surface area contributed by atoms with E-state index in [1.165, 1.54) is 38.4 Å². The highest BCUT2D eigenvalue weighted by atomic mass is 32.2. The smallest absolute Gasteiger partial charge is 0.153 e. The van der Waals surface area contributed by atoms with E-state index < -0.39 is 14.6 Å². The Bertz CT molecular complexity index is 406. The van der Waals surface area contributed by atoms with Gasteiger partial charge in [0.1, 0.15) is 0 Å². The zero-order valence-corrected chi connectivity index (χ0v) is 13.4. The van der Waals surface area contributed by atoms with Crippen LogP contribution in [-0.2, 0) is 9.84 Å². The summed E-state index contributed by atoms with van der Waals surface area (Å²) in [5.74, 6) is 0. The van der Waals surface area contributed by atoms with Crippen molar-refractivity contribution in [3.05, 3.63) is 0 Å². The fourth-order valence-corrected chi connectivity index (χ4v) is 3.81. The molecule has 2 fully saturated rings. The van der Waals surface area contributed by atoms with Gasteiger partial charge in [0, 0.05) is 38.0 Å². The Morgan fingerprint density at radius 3 is 2.42 bits per heavy atom. The summed E-state index contributed by atoms with van der Waals surface area (Å²) in [4.78, 5) is 2.35. The fraction of sp³-hybridized carbons (Fsp3) is 1.00. The molecule has 4 nitrogen and oxygen atoms in total. The SMILES string of the molecule is CC(C)(CN1CCNC2(CCCCC2)C1)S(C)(=O)=O. The number of hydrogen-bond donors (Lipinski definition) is 1. The number of piperazine rings is 1. The third kappa shape index (κ3) is 3.50. The third-order valence-corrected chi connectivity index (χ3v) is 7.01. The van der Waals surface area contributed by atoms with Crippen molar-refractivity contribution in [2.45, 2.75) is 56.2 Å². The minimum Gasteiger partial charge on any atom is -0.309 e. The molecule has 0 aromatic carbocycles. The summed E-state index contributed by atoms with van der Waals surface area (Å²) in [6.45, 7) is 7.29. The molecule has 112 valence electrons. The number of sulfone groups is 1. The topological polar surface area (TPSA) is 49.4 Å². The Hall–Kier alpha value is -0.130. The third-order valence-electron chi connectivity index (χ3n) is 4.87. The van der Waals surface area contributed by atoms with Crippen LogP contribution in [0, 0.1) is 0 Å². The molecular formula is C14H28N2O2S. The number of nitrogens with zero attached hydrogens (tertiary/aromatic N) is 1. The van der Waals surface area contributed by atoms with Gasteiger partial charge in [0.25, 0.3) is 0 Å². The van der Waals surface area contributed by atoms with Gasteiger partial charge < -0.3 is 5.32 Å². The highest BCUT2D eigenvalue weighted by molar-refractivity contribution is 7.92. The van der Waals surface area contributed by atoms with Crippen LogP contribution in [0.4, 0.5) is 0 Å². The van der Waals surface area contributed by atoms with E-state index >= 15 is 0 Å². The molecule has 0 radical (unpaired) electrons. The fourth-order valence-electron chi connectivity index (χ4n) is 3.40. The molecule has 2 aliphatic rings. The minimum atomic E-state index is -3.01. The van der Waals surface area contributed by atoms with Crippen molar-refractivity contribution in [3.63, 3.8) is 0 Å². The first-order chi connectivity index (χ1) is 8.74. The van der Waals surface area contributed by atoms with Gasteiger partial charge >= 0.3 is 0 Å². The van der Waals surface area contributed by atoms with Crippen LogP contribution in [0.15, 0.2) is 0 Å². The van der Waals surface area contributed by atoms with Gasteiger partial charge in [-0.05, 0) is 26.7 Å². The standard InChI is InChI=1S/C14H28N2O2S/c1-13(2,19(3,17)18)11-16-10-9-15-14(12-16)7-5-4-6-8-14/h15H,4-12H2,1-3H3. The van der Waals surface area contributed by atoms with Crippen LogP contribution in [0.3, 0.4) is 0 Å². The first kappa shape index (κ1) is 15.3. The molecule has 1 aliphatic heterocycles. The molecule has 1 heterocycles. The zero-order valence-electron chi connectivity index (χ0n) is 12.5. The molecule has 1 saturated carbocycles. The van der Waals surface area contributed by atoms with E-state index in [0.29, 0.717) is 6.54 Å². The molecule has 0 aromatic heterocycles. The van der Waals surface area contributed by atoms with Crippen molar-refractivity contribution >= 4 is 9.84 Å². The van der Waals surface area contributed by atoms with Crippen LogP contribution in [0.5, 0.6) is 0 Å². The minimum absolute atomic E-state index is 0.254. The lowest BCUT2D eigenvalue weighted by Crippen LogP contribution is -2.63. The second-order valence-corrected chi connectivity index (χ2v) is 9.66. The van der Waals surface area contributed by atoms with Crippen LogP contribution in [-0.4, -0.2) is 56.0 Å². The summed E-state index contributed by atoms with van der Waals surface area (Å²) in [5, 5.41) is 3.70. The van der Waals surface area contributed by atoms with Crippen molar-refractivity contribution < 1.29 is 8.42 Å². The zero-order chi connectivity index (χ0) is 14.1. The summed E-state index contributed by atoms with van der Waals surface area (Å²) in [6, 6.07) is 0. The quantitative estimate of drug-likeness (QED) is 0.853. The van der Waals surface area contributed by atoms with Gasteiger partial charge in [-0.1, -0.05) is 19.3 Å². The van der Waals surface area contributed by atoms with Gasteiger partial charge in [-0.25, -0.2) is 8.42 Å². The van der Waals surface area contributed by atoms with E-state index in [0.717, 1.165) is 19.6 Å². The molecule has 1 N–H and O–H groups in total. The molecule has 1 aliphatic carbocycles. The lowest BCUT2D eigenvalue weighted by Gasteiger charge is -2.47. The molecule has 19 heavy (non-hydrogen) atoms. The Balaban J connectivity index is 2.02. The number of nitrogens with one attached hydrogen (secondary N) is 1. The monoisotopic (exact) mass is 288 g/mol. The summed E-state index contributed by atoms with van der Waals surface area (Å²) in [7, 11) is -3.01. The predicted octanol–water partition coefficient (Wildman–Crippen LogP) is 1.42.